The van der Waals surface area contributed by atoms with E-state index in [0.29, 0.717) is 17.9 Å². The molecular weight excluding hydrogens is 267 g/mol. The summed E-state index contributed by atoms with van der Waals surface area (Å²) in [4.78, 5) is 14.3. The molecule has 3 heterocycles. The fourth-order valence-corrected chi connectivity index (χ4v) is 3.14. The highest BCUT2D eigenvalue weighted by atomic mass is 19.1. The van der Waals surface area contributed by atoms with Gasteiger partial charge < -0.3 is 4.90 Å². The first kappa shape index (κ1) is 13.9. The van der Waals surface area contributed by atoms with Crippen LogP contribution in [-0.4, -0.2) is 21.5 Å². The number of nitrogens with zero attached hydrogens (tertiary/aromatic N) is 4. The van der Waals surface area contributed by atoms with E-state index >= 15 is 0 Å². The second-order valence-electron chi connectivity index (χ2n) is 6.11. The summed E-state index contributed by atoms with van der Waals surface area (Å²) >= 11 is 0. The molecule has 21 heavy (non-hydrogen) atoms. The van der Waals surface area contributed by atoms with Crippen molar-refractivity contribution < 1.29 is 4.39 Å². The SMILES string of the molecule is CCc1ncnc(N2CC(C)(C)C2c2ccncc2)c1F. The maximum absolute atomic E-state index is 14.5. The van der Waals surface area contributed by atoms with Gasteiger partial charge in [-0.15, -0.1) is 0 Å². The number of hydrogen-bond acceptors (Lipinski definition) is 4. The summed E-state index contributed by atoms with van der Waals surface area (Å²) in [6, 6.07) is 4.08. The van der Waals surface area contributed by atoms with Crippen LogP contribution in [0.15, 0.2) is 30.9 Å². The maximum Gasteiger partial charge on any atom is 0.187 e. The fourth-order valence-electron chi connectivity index (χ4n) is 3.14. The Morgan fingerprint density at radius 1 is 1.29 bits per heavy atom. The number of aromatic nitrogens is 3. The summed E-state index contributed by atoms with van der Waals surface area (Å²) in [5, 5.41) is 0. The smallest absolute Gasteiger partial charge is 0.187 e. The Morgan fingerprint density at radius 2 is 2.00 bits per heavy atom. The molecule has 2 aromatic rings. The van der Waals surface area contributed by atoms with Gasteiger partial charge in [-0.3, -0.25) is 4.98 Å². The van der Waals surface area contributed by atoms with Gasteiger partial charge in [0.05, 0.1) is 11.7 Å². The van der Waals surface area contributed by atoms with Crippen molar-refractivity contribution >= 4 is 5.82 Å². The van der Waals surface area contributed by atoms with Crippen LogP contribution < -0.4 is 4.90 Å². The minimum absolute atomic E-state index is 0.0745. The van der Waals surface area contributed by atoms with Gasteiger partial charge in [-0.1, -0.05) is 20.8 Å². The van der Waals surface area contributed by atoms with E-state index in [1.807, 2.05) is 24.0 Å². The van der Waals surface area contributed by atoms with Crippen molar-refractivity contribution in [3.63, 3.8) is 0 Å². The van der Waals surface area contributed by atoms with Crippen molar-refractivity contribution in [2.45, 2.75) is 33.2 Å². The second-order valence-corrected chi connectivity index (χ2v) is 6.11. The Bertz CT molecular complexity index is 642. The van der Waals surface area contributed by atoms with Crippen molar-refractivity contribution in [2.24, 2.45) is 5.41 Å². The van der Waals surface area contributed by atoms with Gasteiger partial charge in [0, 0.05) is 24.4 Å². The maximum atomic E-state index is 14.5. The molecule has 1 aliphatic rings. The summed E-state index contributed by atoms with van der Waals surface area (Å²) < 4.78 is 14.5. The lowest BCUT2D eigenvalue weighted by atomic mass is 9.72. The lowest BCUT2D eigenvalue weighted by Gasteiger charge is -2.55. The topological polar surface area (TPSA) is 41.9 Å². The van der Waals surface area contributed by atoms with Gasteiger partial charge in [0.25, 0.3) is 0 Å². The van der Waals surface area contributed by atoms with E-state index in [2.05, 4.69) is 28.8 Å². The molecule has 2 aromatic heterocycles. The highest BCUT2D eigenvalue weighted by molar-refractivity contribution is 5.50. The first-order valence-corrected chi connectivity index (χ1v) is 7.20. The van der Waals surface area contributed by atoms with Crippen molar-refractivity contribution in [1.82, 2.24) is 15.0 Å². The van der Waals surface area contributed by atoms with Crippen LogP contribution in [0.1, 0.15) is 38.1 Å². The lowest BCUT2D eigenvalue weighted by molar-refractivity contribution is 0.176. The molecule has 0 radical (unpaired) electrons. The van der Waals surface area contributed by atoms with Crippen LogP contribution in [0.5, 0.6) is 0 Å². The van der Waals surface area contributed by atoms with Crippen molar-refractivity contribution in [3.8, 4) is 0 Å². The fraction of sp³-hybridized carbons (Fsp3) is 0.438. The Labute approximate surface area is 124 Å². The summed E-state index contributed by atoms with van der Waals surface area (Å²) in [6.07, 6.45) is 5.57. The minimum atomic E-state index is -0.297. The zero-order valence-corrected chi connectivity index (χ0v) is 12.5. The Balaban J connectivity index is 2.00. The molecule has 0 aromatic carbocycles. The third-order valence-corrected chi connectivity index (χ3v) is 4.10. The molecule has 1 fully saturated rings. The molecule has 5 heteroatoms. The van der Waals surface area contributed by atoms with Crippen LogP contribution in [0, 0.1) is 11.2 Å². The van der Waals surface area contributed by atoms with Crippen LogP contribution in [0.4, 0.5) is 10.2 Å². The van der Waals surface area contributed by atoms with Gasteiger partial charge in [0.2, 0.25) is 0 Å². The first-order chi connectivity index (χ1) is 10.0. The Morgan fingerprint density at radius 3 is 2.62 bits per heavy atom. The highest BCUT2D eigenvalue weighted by Gasteiger charge is 2.48. The number of anilines is 1. The van der Waals surface area contributed by atoms with Crippen LogP contribution in [0.25, 0.3) is 0 Å². The molecule has 1 atom stereocenters. The molecule has 0 saturated carbocycles. The van der Waals surface area contributed by atoms with Gasteiger partial charge in [-0.05, 0) is 24.1 Å². The Hall–Kier alpha value is -2.04. The van der Waals surface area contributed by atoms with Gasteiger partial charge in [0.1, 0.15) is 6.33 Å². The molecule has 1 aliphatic heterocycles. The molecule has 0 N–H and O–H groups in total. The quantitative estimate of drug-likeness (QED) is 0.869. The summed E-state index contributed by atoms with van der Waals surface area (Å²) in [7, 11) is 0. The highest BCUT2D eigenvalue weighted by Crippen LogP contribution is 2.50. The van der Waals surface area contributed by atoms with Gasteiger partial charge in [-0.2, -0.15) is 0 Å². The van der Waals surface area contributed by atoms with Gasteiger partial charge in [-0.25, -0.2) is 14.4 Å². The normalized spacial score (nSPS) is 20.2. The average molecular weight is 286 g/mol. The molecule has 0 amide bonds. The van der Waals surface area contributed by atoms with Crippen molar-refractivity contribution in [2.75, 3.05) is 11.4 Å². The van der Waals surface area contributed by atoms with Crippen LogP contribution in [0.3, 0.4) is 0 Å². The van der Waals surface area contributed by atoms with E-state index in [9.17, 15) is 4.39 Å². The Kier molecular flexibility index (Phi) is 3.35. The van der Waals surface area contributed by atoms with E-state index < -0.39 is 0 Å². The zero-order chi connectivity index (χ0) is 15.0. The number of aryl methyl sites for hydroxylation is 1. The standard InChI is InChI=1S/C16H19FN4/c1-4-12-13(17)15(20-10-19-12)21-9-16(2,3)14(21)11-5-7-18-8-6-11/h5-8,10,14H,4,9H2,1-3H3. The molecule has 3 rings (SSSR count). The molecule has 1 saturated heterocycles. The van der Waals surface area contributed by atoms with E-state index in [0.717, 1.165) is 12.1 Å². The van der Waals surface area contributed by atoms with E-state index in [4.69, 9.17) is 0 Å². The summed E-state index contributed by atoms with van der Waals surface area (Å²) in [5.41, 5.74) is 1.68. The van der Waals surface area contributed by atoms with Crippen molar-refractivity contribution in [1.29, 1.82) is 0 Å². The number of rotatable bonds is 3. The predicted octanol–water partition coefficient (Wildman–Crippen LogP) is 3.16. The molecular formula is C16H19FN4. The molecule has 0 aliphatic carbocycles. The van der Waals surface area contributed by atoms with Crippen LogP contribution in [0.2, 0.25) is 0 Å². The third-order valence-electron chi connectivity index (χ3n) is 4.10. The third kappa shape index (κ3) is 2.26. The van der Waals surface area contributed by atoms with E-state index in [-0.39, 0.29) is 17.3 Å². The average Bonchev–Trinajstić information content (AvgIpc) is 2.46. The van der Waals surface area contributed by atoms with Crippen LogP contribution >= 0.6 is 0 Å². The van der Waals surface area contributed by atoms with Crippen LogP contribution in [-0.2, 0) is 6.42 Å². The molecule has 0 bridgehead atoms. The first-order valence-electron chi connectivity index (χ1n) is 7.20. The van der Waals surface area contributed by atoms with Gasteiger partial charge >= 0.3 is 0 Å². The summed E-state index contributed by atoms with van der Waals surface area (Å²) in [5.74, 6) is 0.109. The molecule has 0 spiro atoms. The van der Waals surface area contributed by atoms with E-state index in [1.54, 1.807) is 12.4 Å². The number of hydrogen-bond donors (Lipinski definition) is 0. The molecule has 4 nitrogen and oxygen atoms in total. The lowest BCUT2D eigenvalue weighted by Crippen LogP contribution is -2.56. The zero-order valence-electron chi connectivity index (χ0n) is 12.5. The minimum Gasteiger partial charge on any atom is -0.346 e. The largest absolute Gasteiger partial charge is 0.346 e. The molecule has 110 valence electrons. The number of pyridine rings is 1. The predicted molar refractivity (Wildman–Crippen MR) is 79.5 cm³/mol. The number of halogens is 1. The second kappa shape index (κ2) is 5.06. The van der Waals surface area contributed by atoms with Crippen molar-refractivity contribution in [3.05, 3.63) is 47.9 Å². The monoisotopic (exact) mass is 286 g/mol. The molecule has 1 unspecified atom stereocenters. The van der Waals surface area contributed by atoms with Gasteiger partial charge in [0.15, 0.2) is 11.6 Å². The van der Waals surface area contributed by atoms with E-state index in [1.165, 1.54) is 6.33 Å². The summed E-state index contributed by atoms with van der Waals surface area (Å²) in [6.45, 7) is 7.05.